The van der Waals surface area contributed by atoms with Gasteiger partial charge in [0.15, 0.2) is 0 Å². The predicted molar refractivity (Wildman–Crippen MR) is 159 cm³/mol. The second-order valence-corrected chi connectivity index (χ2v) is 13.3. The zero-order valence-electron chi connectivity index (χ0n) is 22.0. The molecule has 0 amide bonds. The quantitative estimate of drug-likeness (QED) is 0.233. The number of methoxy groups -OCH3 is 4. The monoisotopic (exact) mass is 532 g/mol. The summed E-state index contributed by atoms with van der Waals surface area (Å²) in [6, 6.07) is 33.5. The second kappa shape index (κ2) is 13.0. The van der Waals surface area contributed by atoms with E-state index in [9.17, 15) is 0 Å². The van der Waals surface area contributed by atoms with Crippen LogP contribution in [0.15, 0.2) is 97.1 Å². The molecule has 192 valence electrons. The second-order valence-electron chi connectivity index (χ2n) is 8.52. The van der Waals surface area contributed by atoms with E-state index in [1.165, 1.54) is 21.2 Å². The van der Waals surface area contributed by atoms with Crippen LogP contribution in [0.2, 0.25) is 0 Å². The molecule has 0 N–H and O–H groups in total. The van der Waals surface area contributed by atoms with Crippen molar-refractivity contribution in [3.05, 3.63) is 97.1 Å². The topological polar surface area (TPSA) is 36.9 Å². The maximum absolute atomic E-state index is 5.86. The van der Waals surface area contributed by atoms with E-state index in [2.05, 4.69) is 67.6 Å². The molecule has 6 heteroatoms. The van der Waals surface area contributed by atoms with Crippen LogP contribution < -0.4 is 40.2 Å². The maximum Gasteiger partial charge on any atom is 0.126 e. The SMILES string of the molecule is COc1ccccc1P(CC(C)P(c1ccccc1OC)c1ccccc1OC)c1ccccc1OC. The Bertz CT molecular complexity index is 1210. The fourth-order valence-corrected chi connectivity index (χ4v) is 10.9. The summed E-state index contributed by atoms with van der Waals surface area (Å²) in [5.74, 6) is 3.63. The van der Waals surface area contributed by atoms with Crippen LogP contribution in [0.1, 0.15) is 6.92 Å². The van der Waals surface area contributed by atoms with Crippen LogP contribution in [0.3, 0.4) is 0 Å². The highest BCUT2D eigenvalue weighted by molar-refractivity contribution is 7.77. The lowest BCUT2D eigenvalue weighted by Gasteiger charge is -2.32. The van der Waals surface area contributed by atoms with Crippen LogP contribution in [0.5, 0.6) is 23.0 Å². The van der Waals surface area contributed by atoms with Gasteiger partial charge in [0.05, 0.1) is 28.4 Å². The van der Waals surface area contributed by atoms with E-state index < -0.39 is 15.8 Å². The number of para-hydroxylation sites is 4. The molecule has 0 saturated carbocycles. The van der Waals surface area contributed by atoms with E-state index in [1.54, 1.807) is 28.4 Å². The number of hydrogen-bond donors (Lipinski definition) is 0. The summed E-state index contributed by atoms with van der Waals surface area (Å²) in [5.41, 5.74) is 0.295. The normalized spacial score (nSPS) is 11.9. The first-order chi connectivity index (χ1) is 18.1. The third kappa shape index (κ3) is 5.93. The Morgan fingerprint density at radius 1 is 0.486 bits per heavy atom. The third-order valence-electron chi connectivity index (χ3n) is 6.33. The van der Waals surface area contributed by atoms with E-state index in [0.717, 1.165) is 29.2 Å². The van der Waals surface area contributed by atoms with E-state index in [-0.39, 0.29) is 0 Å². The Morgan fingerprint density at radius 3 is 1.14 bits per heavy atom. The molecule has 0 bridgehead atoms. The van der Waals surface area contributed by atoms with Gasteiger partial charge in [-0.3, -0.25) is 0 Å². The molecule has 0 aliphatic heterocycles. The van der Waals surface area contributed by atoms with Crippen molar-refractivity contribution < 1.29 is 18.9 Å². The lowest BCUT2D eigenvalue weighted by atomic mass is 10.3. The smallest absolute Gasteiger partial charge is 0.126 e. The van der Waals surface area contributed by atoms with Crippen LogP contribution in [-0.4, -0.2) is 40.3 Å². The van der Waals surface area contributed by atoms with E-state index >= 15 is 0 Å². The van der Waals surface area contributed by atoms with Crippen LogP contribution in [0.25, 0.3) is 0 Å². The van der Waals surface area contributed by atoms with E-state index in [4.69, 9.17) is 18.9 Å². The minimum atomic E-state index is -0.822. The molecule has 4 aromatic carbocycles. The molecule has 0 saturated heterocycles. The lowest BCUT2D eigenvalue weighted by Crippen LogP contribution is -2.27. The fourth-order valence-electron chi connectivity index (χ4n) is 4.64. The van der Waals surface area contributed by atoms with Crippen molar-refractivity contribution in [1.29, 1.82) is 0 Å². The first kappa shape index (κ1) is 27.0. The average Bonchev–Trinajstić information content (AvgIpc) is 2.96. The molecule has 0 heterocycles. The Labute approximate surface area is 223 Å². The van der Waals surface area contributed by atoms with Gasteiger partial charge in [0.25, 0.3) is 0 Å². The summed E-state index contributed by atoms with van der Waals surface area (Å²) < 4.78 is 23.4. The molecule has 0 aliphatic carbocycles. The number of hydrogen-bond acceptors (Lipinski definition) is 4. The molecule has 0 fully saturated rings. The average molecular weight is 533 g/mol. The minimum absolute atomic E-state index is 0.295. The molecule has 0 aromatic heterocycles. The Kier molecular flexibility index (Phi) is 9.45. The summed E-state index contributed by atoms with van der Waals surface area (Å²) in [4.78, 5) is 0. The minimum Gasteiger partial charge on any atom is -0.496 e. The first-order valence-corrected chi connectivity index (χ1v) is 15.2. The van der Waals surface area contributed by atoms with Crippen molar-refractivity contribution >= 4 is 37.1 Å². The summed E-state index contributed by atoms with van der Waals surface area (Å²) in [6.45, 7) is 2.35. The highest BCUT2D eigenvalue weighted by atomic mass is 31.1. The molecule has 1 unspecified atom stereocenters. The van der Waals surface area contributed by atoms with Crippen LogP contribution in [-0.2, 0) is 0 Å². The van der Waals surface area contributed by atoms with Crippen molar-refractivity contribution in [2.24, 2.45) is 0 Å². The Morgan fingerprint density at radius 2 is 0.784 bits per heavy atom. The number of benzene rings is 4. The van der Waals surface area contributed by atoms with Crippen molar-refractivity contribution in [3.63, 3.8) is 0 Å². The lowest BCUT2D eigenvalue weighted by molar-refractivity contribution is 0.417. The van der Waals surface area contributed by atoms with Crippen molar-refractivity contribution in [2.75, 3.05) is 34.6 Å². The first-order valence-electron chi connectivity index (χ1n) is 12.2. The van der Waals surface area contributed by atoms with Crippen molar-refractivity contribution in [2.45, 2.75) is 12.6 Å². The number of rotatable bonds is 11. The third-order valence-corrected chi connectivity index (χ3v) is 12.3. The van der Waals surface area contributed by atoms with Gasteiger partial charge < -0.3 is 18.9 Å². The van der Waals surface area contributed by atoms with Crippen LogP contribution in [0.4, 0.5) is 0 Å². The summed E-state index contributed by atoms with van der Waals surface area (Å²) >= 11 is 0. The number of ether oxygens (including phenoxy) is 4. The summed E-state index contributed by atoms with van der Waals surface area (Å²) in [5, 5.41) is 4.86. The van der Waals surface area contributed by atoms with Gasteiger partial charge in [-0.05, 0) is 51.9 Å². The van der Waals surface area contributed by atoms with Gasteiger partial charge in [-0.15, -0.1) is 0 Å². The van der Waals surface area contributed by atoms with Gasteiger partial charge in [-0.2, -0.15) is 0 Å². The molecule has 1 atom stereocenters. The largest absolute Gasteiger partial charge is 0.496 e. The molecule has 0 radical (unpaired) electrons. The summed E-state index contributed by atoms with van der Waals surface area (Å²) in [7, 11) is 5.36. The molecular formula is C31H34O4P2. The standard InChI is InChI=1S/C31H34O4P2/c1-23(37(30-20-12-8-16-26(30)34-4)31-21-13-9-17-27(31)35-5)22-36(28-18-10-6-14-24(28)32-2)29-19-11-7-15-25(29)33-3/h6-21,23H,22H2,1-5H3. The van der Waals surface area contributed by atoms with Crippen LogP contribution in [0, 0.1) is 0 Å². The van der Waals surface area contributed by atoms with Gasteiger partial charge >= 0.3 is 0 Å². The van der Waals surface area contributed by atoms with Gasteiger partial charge in [0.2, 0.25) is 0 Å². The summed E-state index contributed by atoms with van der Waals surface area (Å²) in [6.07, 6.45) is 0.942. The van der Waals surface area contributed by atoms with Gasteiger partial charge in [-0.25, -0.2) is 0 Å². The van der Waals surface area contributed by atoms with Crippen molar-refractivity contribution in [1.82, 2.24) is 0 Å². The van der Waals surface area contributed by atoms with E-state index in [0.29, 0.717) is 5.66 Å². The maximum atomic E-state index is 5.86. The highest BCUT2D eigenvalue weighted by Gasteiger charge is 2.31. The molecule has 0 aliphatic rings. The zero-order valence-corrected chi connectivity index (χ0v) is 23.8. The van der Waals surface area contributed by atoms with Crippen molar-refractivity contribution in [3.8, 4) is 23.0 Å². The molecule has 4 aromatic rings. The molecule has 4 rings (SSSR count). The molecule has 0 spiro atoms. The van der Waals surface area contributed by atoms with Gasteiger partial charge in [0, 0.05) is 21.2 Å². The molecular weight excluding hydrogens is 498 g/mol. The van der Waals surface area contributed by atoms with Gasteiger partial charge in [0.1, 0.15) is 23.0 Å². The fraction of sp³-hybridized carbons (Fsp3) is 0.226. The predicted octanol–water partition coefficient (Wildman–Crippen LogP) is 5.68. The zero-order chi connectivity index (χ0) is 26.2. The van der Waals surface area contributed by atoms with Gasteiger partial charge in [-0.1, -0.05) is 79.7 Å². The molecule has 37 heavy (non-hydrogen) atoms. The molecule has 4 nitrogen and oxygen atoms in total. The Hall–Kier alpha value is -3.06. The van der Waals surface area contributed by atoms with E-state index in [1.807, 2.05) is 36.4 Å². The van der Waals surface area contributed by atoms with Crippen LogP contribution >= 0.6 is 15.8 Å². The highest BCUT2D eigenvalue weighted by Crippen LogP contribution is 2.51. The Balaban J connectivity index is 1.87.